The van der Waals surface area contributed by atoms with Crippen LogP contribution in [0.4, 0.5) is 10.5 Å². The highest BCUT2D eigenvalue weighted by molar-refractivity contribution is 5.89. The number of anilines is 1. The smallest absolute Gasteiger partial charge is 0.320 e. The number of para-hydroxylation sites is 1. The molecule has 9 heteroatoms. The first-order valence-electron chi connectivity index (χ1n) is 8.57. The Bertz CT molecular complexity index is 886. The van der Waals surface area contributed by atoms with E-state index in [4.69, 9.17) is 4.74 Å². The van der Waals surface area contributed by atoms with E-state index in [1.807, 2.05) is 44.2 Å². The van der Waals surface area contributed by atoms with Crippen LogP contribution < -0.4 is 10.6 Å². The molecular weight excluding hydrogens is 346 g/mol. The number of carbonyl (C=O) groups is 1. The predicted molar refractivity (Wildman–Crippen MR) is 101 cm³/mol. The minimum absolute atomic E-state index is 0.347. The van der Waals surface area contributed by atoms with Crippen LogP contribution in [0.3, 0.4) is 0 Å². The van der Waals surface area contributed by atoms with Crippen molar-refractivity contribution >= 4 is 11.7 Å². The summed E-state index contributed by atoms with van der Waals surface area (Å²) in [7, 11) is 1.63. The maximum absolute atomic E-state index is 12.4. The Labute approximate surface area is 157 Å². The summed E-state index contributed by atoms with van der Waals surface area (Å²) < 4.78 is 8.39. The molecule has 2 heterocycles. The summed E-state index contributed by atoms with van der Waals surface area (Å²) in [5, 5.41) is 18.2. The Morgan fingerprint density at radius 3 is 2.74 bits per heavy atom. The molecule has 3 rings (SSSR count). The second kappa shape index (κ2) is 8.00. The van der Waals surface area contributed by atoms with Gasteiger partial charge in [-0.1, -0.05) is 23.4 Å². The summed E-state index contributed by atoms with van der Waals surface area (Å²) >= 11 is 0. The first kappa shape index (κ1) is 18.6. The second-order valence-corrected chi connectivity index (χ2v) is 6.57. The van der Waals surface area contributed by atoms with Crippen molar-refractivity contribution in [3.63, 3.8) is 0 Å². The van der Waals surface area contributed by atoms with Crippen molar-refractivity contribution in [1.82, 2.24) is 30.1 Å². The number of benzene rings is 1. The fourth-order valence-electron chi connectivity index (χ4n) is 2.50. The molecule has 2 aromatic heterocycles. The van der Waals surface area contributed by atoms with Gasteiger partial charge in [-0.3, -0.25) is 4.68 Å². The van der Waals surface area contributed by atoms with Crippen molar-refractivity contribution < 1.29 is 9.53 Å². The lowest BCUT2D eigenvalue weighted by Gasteiger charge is -2.23. The Balaban J connectivity index is 1.63. The zero-order valence-corrected chi connectivity index (χ0v) is 15.6. The van der Waals surface area contributed by atoms with Crippen LogP contribution >= 0.6 is 0 Å². The lowest BCUT2D eigenvalue weighted by molar-refractivity contribution is 0.183. The first-order valence-corrected chi connectivity index (χ1v) is 8.57. The number of hydrogen-bond acceptors (Lipinski definition) is 5. The van der Waals surface area contributed by atoms with Crippen LogP contribution in [0.1, 0.15) is 19.5 Å². The third kappa shape index (κ3) is 4.70. The summed E-state index contributed by atoms with van der Waals surface area (Å²) in [6.45, 7) is 4.91. The summed E-state index contributed by atoms with van der Waals surface area (Å²) in [6.07, 6.45) is 5.14. The summed E-state index contributed by atoms with van der Waals surface area (Å²) in [5.41, 5.74) is 1.45. The maximum atomic E-state index is 12.4. The van der Waals surface area contributed by atoms with Gasteiger partial charge in [0.15, 0.2) is 0 Å². The largest absolute Gasteiger partial charge is 0.383 e. The third-order valence-electron chi connectivity index (χ3n) is 4.00. The molecule has 0 unspecified atom stereocenters. The van der Waals surface area contributed by atoms with E-state index in [0.717, 1.165) is 5.69 Å². The zero-order valence-electron chi connectivity index (χ0n) is 15.6. The van der Waals surface area contributed by atoms with Gasteiger partial charge in [0, 0.05) is 13.3 Å². The molecule has 0 saturated carbocycles. The van der Waals surface area contributed by atoms with Crippen molar-refractivity contribution in [1.29, 1.82) is 0 Å². The molecule has 0 aliphatic carbocycles. The summed E-state index contributed by atoms with van der Waals surface area (Å²) in [5.74, 6) is 0. The quantitative estimate of drug-likeness (QED) is 0.665. The molecule has 0 atom stereocenters. The van der Waals surface area contributed by atoms with E-state index in [2.05, 4.69) is 26.0 Å². The number of nitrogens with one attached hydrogen (secondary N) is 2. The Hall–Kier alpha value is -3.20. The van der Waals surface area contributed by atoms with Crippen LogP contribution in [0.25, 0.3) is 5.69 Å². The standard InChI is InChI=1S/C18H23N7O2/c1-18(2,16-13-25(23-22-16)15-7-5-4-6-8-15)21-17(26)20-14-11-19-24(12-14)9-10-27-3/h4-8,11-13H,9-10H2,1-3H3,(H2,20,21,26). The van der Waals surface area contributed by atoms with Gasteiger partial charge in [-0.2, -0.15) is 5.10 Å². The first-order chi connectivity index (χ1) is 13.0. The molecule has 3 aromatic rings. The van der Waals surface area contributed by atoms with Crippen LogP contribution in [0, 0.1) is 0 Å². The van der Waals surface area contributed by atoms with Gasteiger partial charge in [0.05, 0.1) is 42.5 Å². The molecule has 0 aliphatic heterocycles. The number of rotatable bonds is 7. The number of amides is 2. The molecule has 1 aromatic carbocycles. The number of carbonyl (C=O) groups excluding carboxylic acids is 1. The van der Waals surface area contributed by atoms with E-state index < -0.39 is 5.54 Å². The van der Waals surface area contributed by atoms with Gasteiger partial charge in [0.25, 0.3) is 0 Å². The molecule has 27 heavy (non-hydrogen) atoms. The highest BCUT2D eigenvalue weighted by Crippen LogP contribution is 2.19. The number of methoxy groups -OCH3 is 1. The number of ether oxygens (including phenoxy) is 1. The number of hydrogen-bond donors (Lipinski definition) is 2. The fraction of sp³-hybridized carbons (Fsp3) is 0.333. The Morgan fingerprint density at radius 2 is 2.00 bits per heavy atom. The van der Waals surface area contributed by atoms with Gasteiger partial charge in [-0.15, -0.1) is 5.10 Å². The Kier molecular flexibility index (Phi) is 5.51. The highest BCUT2D eigenvalue weighted by Gasteiger charge is 2.26. The molecule has 0 saturated heterocycles. The predicted octanol–water partition coefficient (Wildman–Crippen LogP) is 2.17. The van der Waals surface area contributed by atoms with E-state index in [1.165, 1.54) is 0 Å². The van der Waals surface area contributed by atoms with Crippen molar-refractivity contribution in [3.05, 3.63) is 54.6 Å². The molecule has 0 radical (unpaired) electrons. The number of aromatic nitrogens is 5. The van der Waals surface area contributed by atoms with Crippen LogP contribution in [0.2, 0.25) is 0 Å². The van der Waals surface area contributed by atoms with Crippen LogP contribution in [-0.2, 0) is 16.8 Å². The van der Waals surface area contributed by atoms with Gasteiger partial charge >= 0.3 is 6.03 Å². The topological polar surface area (TPSA) is 98.9 Å². The highest BCUT2D eigenvalue weighted by atomic mass is 16.5. The van der Waals surface area contributed by atoms with E-state index in [-0.39, 0.29) is 6.03 Å². The van der Waals surface area contributed by atoms with Crippen LogP contribution in [0.5, 0.6) is 0 Å². The minimum Gasteiger partial charge on any atom is -0.383 e. The van der Waals surface area contributed by atoms with Gasteiger partial charge in [0.2, 0.25) is 0 Å². The summed E-state index contributed by atoms with van der Waals surface area (Å²) in [4.78, 5) is 12.4. The summed E-state index contributed by atoms with van der Waals surface area (Å²) in [6, 6.07) is 9.33. The monoisotopic (exact) mass is 369 g/mol. The molecule has 2 N–H and O–H groups in total. The lowest BCUT2D eigenvalue weighted by atomic mass is 10.0. The van der Waals surface area contributed by atoms with Crippen molar-refractivity contribution in [2.24, 2.45) is 0 Å². The van der Waals surface area contributed by atoms with Gasteiger partial charge in [0.1, 0.15) is 5.69 Å². The maximum Gasteiger partial charge on any atom is 0.320 e. The average molecular weight is 369 g/mol. The van der Waals surface area contributed by atoms with Crippen molar-refractivity contribution in [2.75, 3.05) is 19.0 Å². The fourth-order valence-corrected chi connectivity index (χ4v) is 2.50. The van der Waals surface area contributed by atoms with Crippen LogP contribution in [-0.4, -0.2) is 44.5 Å². The van der Waals surface area contributed by atoms with E-state index in [1.54, 1.807) is 35.1 Å². The molecule has 0 aliphatic rings. The van der Waals surface area contributed by atoms with Crippen LogP contribution in [0.15, 0.2) is 48.9 Å². The normalized spacial score (nSPS) is 11.4. The van der Waals surface area contributed by atoms with Gasteiger partial charge < -0.3 is 15.4 Å². The van der Waals surface area contributed by atoms with E-state index in [9.17, 15) is 4.79 Å². The molecule has 142 valence electrons. The molecular formula is C18H23N7O2. The van der Waals surface area contributed by atoms with E-state index >= 15 is 0 Å². The van der Waals surface area contributed by atoms with E-state index in [0.29, 0.717) is 24.5 Å². The van der Waals surface area contributed by atoms with Gasteiger partial charge in [-0.05, 0) is 26.0 Å². The lowest BCUT2D eigenvalue weighted by Crippen LogP contribution is -2.43. The SMILES string of the molecule is COCCn1cc(NC(=O)NC(C)(C)c2cn(-c3ccccc3)nn2)cn1. The van der Waals surface area contributed by atoms with Crippen molar-refractivity contribution in [2.45, 2.75) is 25.9 Å². The Morgan fingerprint density at radius 1 is 1.22 bits per heavy atom. The average Bonchev–Trinajstić information content (AvgIpc) is 3.30. The number of urea groups is 1. The third-order valence-corrected chi connectivity index (χ3v) is 4.00. The molecule has 0 bridgehead atoms. The molecule has 2 amide bonds. The number of nitrogens with zero attached hydrogens (tertiary/aromatic N) is 5. The minimum atomic E-state index is -0.705. The van der Waals surface area contributed by atoms with Gasteiger partial charge in [-0.25, -0.2) is 9.48 Å². The second-order valence-electron chi connectivity index (χ2n) is 6.57. The molecule has 0 spiro atoms. The van der Waals surface area contributed by atoms with Crippen molar-refractivity contribution in [3.8, 4) is 5.69 Å². The molecule has 0 fully saturated rings. The molecule has 9 nitrogen and oxygen atoms in total. The zero-order chi connectivity index (χ0) is 19.3.